The van der Waals surface area contributed by atoms with Crippen molar-refractivity contribution in [2.75, 3.05) is 0 Å². The normalized spacial score (nSPS) is 22.3. The lowest BCUT2D eigenvalue weighted by atomic mass is 9.72. The molecule has 0 aliphatic heterocycles. The Morgan fingerprint density at radius 2 is 1.72 bits per heavy atom. The lowest BCUT2D eigenvalue weighted by Gasteiger charge is -2.34. The second-order valence-corrected chi connectivity index (χ2v) is 7.53. The van der Waals surface area contributed by atoms with E-state index in [1.54, 1.807) is 13.0 Å². The number of nitrogens with zero attached hydrogens (tertiary/aromatic N) is 1. The molecule has 0 bridgehead atoms. The lowest BCUT2D eigenvalue weighted by molar-refractivity contribution is -0.137. The summed E-state index contributed by atoms with van der Waals surface area (Å²) >= 11 is 0. The maximum absolute atomic E-state index is 13.0. The molecule has 0 saturated heterocycles. The third-order valence-electron chi connectivity index (χ3n) is 5.38. The topological polar surface area (TPSA) is 73.6 Å². The van der Waals surface area contributed by atoms with Gasteiger partial charge in [0.1, 0.15) is 11.5 Å². The molecule has 3 N–H and O–H groups in total. The van der Waals surface area contributed by atoms with Gasteiger partial charge in [-0.3, -0.25) is 4.98 Å². The van der Waals surface area contributed by atoms with Crippen LogP contribution < -0.4 is 0 Å². The van der Waals surface area contributed by atoms with Crippen LogP contribution in [0.1, 0.15) is 37.3 Å². The summed E-state index contributed by atoms with van der Waals surface area (Å²) in [5.41, 5.74) is 1.19. The van der Waals surface area contributed by atoms with Crippen molar-refractivity contribution in [3.05, 3.63) is 65.5 Å². The van der Waals surface area contributed by atoms with Crippen molar-refractivity contribution in [1.82, 2.24) is 4.98 Å². The lowest BCUT2D eigenvalue weighted by Crippen LogP contribution is -2.26. The fraction of sp³-hybridized carbons (Fsp3) is 0.318. The fourth-order valence-electron chi connectivity index (χ4n) is 3.76. The Bertz CT molecular complexity index is 959. The van der Waals surface area contributed by atoms with E-state index in [9.17, 15) is 28.5 Å². The molecule has 3 rings (SSSR count). The highest BCUT2D eigenvalue weighted by Gasteiger charge is 2.34. The Hall–Kier alpha value is -2.80. The Balaban J connectivity index is 2.08. The van der Waals surface area contributed by atoms with Gasteiger partial charge in [0, 0.05) is 29.4 Å². The molecule has 4 nitrogen and oxygen atoms in total. The number of hydrogen-bond donors (Lipinski definition) is 3. The van der Waals surface area contributed by atoms with Crippen LogP contribution in [0.15, 0.2) is 54.4 Å². The van der Waals surface area contributed by atoms with Crippen LogP contribution in [0.5, 0.6) is 11.5 Å². The van der Waals surface area contributed by atoms with Crippen molar-refractivity contribution in [3.8, 4) is 22.6 Å². The monoisotopic (exact) mass is 405 g/mol. The summed E-state index contributed by atoms with van der Waals surface area (Å²) in [4.78, 5) is 3.62. The zero-order valence-electron chi connectivity index (χ0n) is 16.0. The van der Waals surface area contributed by atoms with Crippen molar-refractivity contribution in [1.29, 1.82) is 0 Å². The minimum absolute atomic E-state index is 0.124. The molecule has 154 valence electrons. The molecule has 0 radical (unpaired) electrons. The van der Waals surface area contributed by atoms with Crippen LogP contribution in [0.3, 0.4) is 0 Å². The molecule has 2 aromatic rings. The number of aliphatic hydroxyl groups is 1. The van der Waals surface area contributed by atoms with E-state index in [0.29, 0.717) is 6.42 Å². The van der Waals surface area contributed by atoms with Gasteiger partial charge in [-0.2, -0.15) is 13.2 Å². The van der Waals surface area contributed by atoms with Crippen LogP contribution in [0.25, 0.3) is 11.1 Å². The molecule has 1 aromatic carbocycles. The first-order valence-corrected chi connectivity index (χ1v) is 9.09. The highest BCUT2D eigenvalue weighted by atomic mass is 19.4. The Labute approximate surface area is 166 Å². The van der Waals surface area contributed by atoms with Crippen LogP contribution in [0.4, 0.5) is 13.2 Å². The van der Waals surface area contributed by atoms with E-state index in [2.05, 4.69) is 11.6 Å². The predicted molar refractivity (Wildman–Crippen MR) is 103 cm³/mol. The van der Waals surface area contributed by atoms with Crippen molar-refractivity contribution in [2.24, 2.45) is 5.92 Å². The predicted octanol–water partition coefficient (Wildman–Crippen LogP) is 5.17. The summed E-state index contributed by atoms with van der Waals surface area (Å²) < 4.78 is 38.9. The Kier molecular flexibility index (Phi) is 5.45. The summed E-state index contributed by atoms with van der Waals surface area (Å²) in [6.45, 7) is 7.53. The molecule has 0 fully saturated rings. The van der Waals surface area contributed by atoms with E-state index in [1.807, 2.05) is 6.92 Å². The zero-order valence-corrected chi connectivity index (χ0v) is 16.0. The fourth-order valence-corrected chi connectivity index (χ4v) is 3.76. The summed E-state index contributed by atoms with van der Waals surface area (Å²) in [5.74, 6) is -1.10. The number of pyridine rings is 1. The van der Waals surface area contributed by atoms with E-state index >= 15 is 0 Å². The minimum atomic E-state index is -4.55. The number of benzene rings is 1. The standard InChI is InChI=1S/C22H22F3NO3/c1-11(2)16-8-18(27)12(3)4-17(16)21-19(28)6-13(7-20(21)29)14-5-15(10-26-9-14)22(23,24)25/h4-7,9-10,16-18,27-29H,1,8H2,2-3H3/t16-,17+,18-/m0/s1. The molecule has 0 saturated carbocycles. The van der Waals surface area contributed by atoms with Crippen molar-refractivity contribution >= 4 is 0 Å². The van der Waals surface area contributed by atoms with Crippen LogP contribution in [0, 0.1) is 5.92 Å². The number of phenolic OH excluding ortho intramolecular Hbond substituents is 2. The molecule has 7 heteroatoms. The number of aliphatic hydroxyl groups excluding tert-OH is 1. The van der Waals surface area contributed by atoms with Gasteiger partial charge in [0.05, 0.1) is 11.7 Å². The van der Waals surface area contributed by atoms with Crippen molar-refractivity contribution < 1.29 is 28.5 Å². The number of phenols is 2. The van der Waals surface area contributed by atoms with Crippen LogP contribution in [-0.2, 0) is 6.18 Å². The molecule has 0 amide bonds. The quantitative estimate of drug-likeness (QED) is 0.617. The third kappa shape index (κ3) is 4.15. The number of aromatic nitrogens is 1. The Morgan fingerprint density at radius 3 is 2.28 bits per heavy atom. The minimum Gasteiger partial charge on any atom is -0.507 e. The number of allylic oxidation sites excluding steroid dienone is 2. The number of aromatic hydroxyl groups is 2. The number of alkyl halides is 3. The highest BCUT2D eigenvalue weighted by Crippen LogP contribution is 2.47. The van der Waals surface area contributed by atoms with Crippen LogP contribution in [-0.4, -0.2) is 26.4 Å². The van der Waals surface area contributed by atoms with Gasteiger partial charge in [-0.15, -0.1) is 0 Å². The SMILES string of the molecule is C=C(C)[C@@H]1C[C@H](O)C(C)=C[C@H]1c1c(O)cc(-c2cncc(C(F)(F)F)c2)cc1O. The second kappa shape index (κ2) is 7.55. The summed E-state index contributed by atoms with van der Waals surface area (Å²) in [6, 6.07) is 3.55. The van der Waals surface area contributed by atoms with Gasteiger partial charge in [-0.1, -0.05) is 18.2 Å². The molecular weight excluding hydrogens is 383 g/mol. The summed E-state index contributed by atoms with van der Waals surface area (Å²) in [5, 5.41) is 31.4. The van der Waals surface area contributed by atoms with Gasteiger partial charge < -0.3 is 15.3 Å². The number of hydrogen-bond acceptors (Lipinski definition) is 4. The van der Waals surface area contributed by atoms with Crippen molar-refractivity contribution in [2.45, 2.75) is 38.5 Å². The molecule has 1 heterocycles. The second-order valence-electron chi connectivity index (χ2n) is 7.53. The van der Waals surface area contributed by atoms with E-state index in [-0.39, 0.29) is 34.1 Å². The molecule has 0 spiro atoms. The van der Waals surface area contributed by atoms with Crippen LogP contribution >= 0.6 is 0 Å². The van der Waals surface area contributed by atoms with Crippen molar-refractivity contribution in [3.63, 3.8) is 0 Å². The highest BCUT2D eigenvalue weighted by molar-refractivity contribution is 5.69. The van der Waals surface area contributed by atoms with Gasteiger partial charge in [-0.25, -0.2) is 0 Å². The summed E-state index contributed by atoms with van der Waals surface area (Å²) in [6.07, 6.45) is -1.04. The first-order chi connectivity index (χ1) is 13.5. The molecule has 1 aromatic heterocycles. The van der Waals surface area contributed by atoms with Gasteiger partial charge in [0.25, 0.3) is 0 Å². The third-order valence-corrected chi connectivity index (χ3v) is 5.38. The smallest absolute Gasteiger partial charge is 0.417 e. The molecule has 1 aliphatic carbocycles. The zero-order chi connectivity index (χ0) is 21.5. The van der Waals surface area contributed by atoms with E-state index < -0.39 is 23.8 Å². The average molecular weight is 405 g/mol. The maximum atomic E-state index is 13.0. The molecule has 1 aliphatic rings. The largest absolute Gasteiger partial charge is 0.507 e. The van der Waals surface area contributed by atoms with Gasteiger partial charge in [0.15, 0.2) is 0 Å². The van der Waals surface area contributed by atoms with E-state index in [0.717, 1.165) is 23.4 Å². The first-order valence-electron chi connectivity index (χ1n) is 9.09. The van der Waals surface area contributed by atoms with Crippen LogP contribution in [0.2, 0.25) is 0 Å². The van der Waals surface area contributed by atoms with E-state index in [4.69, 9.17) is 0 Å². The van der Waals surface area contributed by atoms with Gasteiger partial charge in [-0.05, 0) is 55.5 Å². The number of halogens is 3. The number of rotatable bonds is 3. The average Bonchev–Trinajstić information content (AvgIpc) is 2.63. The summed E-state index contributed by atoms with van der Waals surface area (Å²) in [7, 11) is 0. The molecule has 3 atom stereocenters. The molecule has 0 unspecified atom stereocenters. The molecular formula is C22H22F3NO3. The van der Waals surface area contributed by atoms with Gasteiger partial charge >= 0.3 is 6.18 Å². The van der Waals surface area contributed by atoms with E-state index in [1.165, 1.54) is 18.3 Å². The maximum Gasteiger partial charge on any atom is 0.417 e. The first kappa shape index (κ1) is 20.9. The molecule has 29 heavy (non-hydrogen) atoms. The Morgan fingerprint density at radius 1 is 1.10 bits per heavy atom. The van der Waals surface area contributed by atoms with Gasteiger partial charge in [0.2, 0.25) is 0 Å².